The highest BCUT2D eigenvalue weighted by Gasteiger charge is 2.37. The number of piperidine rings is 1. The topological polar surface area (TPSA) is 59.4 Å². The van der Waals surface area contributed by atoms with Gasteiger partial charge < -0.3 is 15.0 Å². The van der Waals surface area contributed by atoms with Gasteiger partial charge in [0, 0.05) is 38.8 Å². The Balaban J connectivity index is 1.47. The fourth-order valence-electron chi connectivity index (χ4n) is 2.97. The van der Waals surface area contributed by atoms with Crippen LogP contribution in [0.1, 0.15) is 19.3 Å². The Labute approximate surface area is 129 Å². The number of carbonyl (C=O) groups excluding carboxylic acids is 1. The van der Waals surface area contributed by atoms with Crippen molar-refractivity contribution < 1.29 is 9.53 Å². The number of halogens is 1. The Morgan fingerprint density at radius 3 is 2.90 bits per heavy atom. The number of hydrogen-bond acceptors (Lipinski definition) is 4. The molecule has 2 fully saturated rings. The lowest BCUT2D eigenvalue weighted by Gasteiger charge is -2.40. The maximum atomic E-state index is 11.4. The monoisotopic (exact) mass is 312 g/mol. The second-order valence-corrected chi connectivity index (χ2v) is 6.26. The van der Waals surface area contributed by atoms with Crippen LogP contribution in [-0.4, -0.2) is 59.0 Å². The molecule has 3 rings (SSSR count). The summed E-state index contributed by atoms with van der Waals surface area (Å²) >= 11 is 5.86. The van der Waals surface area contributed by atoms with Crippen LogP contribution >= 0.6 is 11.6 Å². The van der Waals surface area contributed by atoms with Gasteiger partial charge in [0.2, 0.25) is 5.91 Å². The van der Waals surface area contributed by atoms with Crippen molar-refractivity contribution in [3.8, 4) is 0 Å². The Morgan fingerprint density at radius 2 is 2.19 bits per heavy atom. The van der Waals surface area contributed by atoms with Gasteiger partial charge in [-0.3, -0.25) is 9.48 Å². The molecule has 2 aliphatic heterocycles. The maximum absolute atomic E-state index is 11.4. The second-order valence-electron chi connectivity index (χ2n) is 5.82. The number of carbonyl (C=O) groups is 1. The zero-order valence-electron chi connectivity index (χ0n) is 12.1. The lowest BCUT2D eigenvalue weighted by atomic mass is 9.91. The lowest BCUT2D eigenvalue weighted by Crippen LogP contribution is -2.51. The normalized spacial score (nSPS) is 23.0. The summed E-state index contributed by atoms with van der Waals surface area (Å²) in [4.78, 5) is 13.8. The first-order valence-corrected chi connectivity index (χ1v) is 7.84. The van der Waals surface area contributed by atoms with Crippen LogP contribution in [0.5, 0.6) is 0 Å². The molecule has 0 unspecified atom stereocenters. The van der Waals surface area contributed by atoms with Crippen LogP contribution in [0.15, 0.2) is 12.4 Å². The molecule has 6 nitrogen and oxygen atoms in total. The second kappa shape index (κ2) is 6.34. The van der Waals surface area contributed by atoms with E-state index in [9.17, 15) is 4.79 Å². The summed E-state index contributed by atoms with van der Waals surface area (Å²) < 4.78 is 7.84. The van der Waals surface area contributed by atoms with Crippen LogP contribution in [0.2, 0.25) is 5.02 Å². The highest BCUT2D eigenvalue weighted by atomic mass is 35.5. The number of rotatable bonds is 3. The summed E-state index contributed by atoms with van der Waals surface area (Å²) in [6, 6.07) is 0. The zero-order valence-corrected chi connectivity index (χ0v) is 12.8. The minimum Gasteiger partial charge on any atom is -0.373 e. The highest BCUT2D eigenvalue weighted by Crippen LogP contribution is 2.27. The van der Waals surface area contributed by atoms with Gasteiger partial charge in [-0.2, -0.15) is 5.10 Å². The molecule has 0 radical (unpaired) electrons. The third-order valence-electron chi connectivity index (χ3n) is 4.36. The molecular weight excluding hydrogens is 292 g/mol. The number of likely N-dealkylation sites (tertiary alicyclic amines) is 1. The molecule has 7 heteroatoms. The molecule has 0 aliphatic carbocycles. The Bertz CT molecular complexity index is 497. The fraction of sp³-hybridized carbons (Fsp3) is 0.714. The number of aromatic nitrogens is 2. The number of amides is 1. The molecule has 1 amide bonds. The van der Waals surface area contributed by atoms with E-state index in [1.165, 1.54) is 0 Å². The van der Waals surface area contributed by atoms with E-state index >= 15 is 0 Å². The molecule has 2 saturated heterocycles. The van der Waals surface area contributed by atoms with Gasteiger partial charge in [-0.15, -0.1) is 0 Å². The summed E-state index contributed by atoms with van der Waals surface area (Å²) in [7, 11) is 0. The van der Waals surface area contributed by atoms with Gasteiger partial charge >= 0.3 is 0 Å². The lowest BCUT2D eigenvalue weighted by molar-refractivity contribution is -0.120. The van der Waals surface area contributed by atoms with Gasteiger partial charge in [-0.1, -0.05) is 11.6 Å². The minimum atomic E-state index is -0.155. The molecule has 116 valence electrons. The van der Waals surface area contributed by atoms with E-state index in [1.807, 2.05) is 10.9 Å². The first-order chi connectivity index (χ1) is 10.2. The van der Waals surface area contributed by atoms with E-state index in [-0.39, 0.29) is 11.5 Å². The number of ether oxygens (including phenoxy) is 1. The van der Waals surface area contributed by atoms with Crippen molar-refractivity contribution >= 4 is 17.5 Å². The number of nitrogens with zero attached hydrogens (tertiary/aromatic N) is 3. The summed E-state index contributed by atoms with van der Waals surface area (Å²) in [5.41, 5.74) is -0.155. The Morgan fingerprint density at radius 1 is 1.38 bits per heavy atom. The summed E-state index contributed by atoms with van der Waals surface area (Å²) in [5.74, 6) is 0.102. The van der Waals surface area contributed by atoms with Crippen molar-refractivity contribution in [2.75, 3.05) is 32.8 Å². The molecule has 3 heterocycles. The fourth-order valence-corrected chi connectivity index (χ4v) is 3.13. The van der Waals surface area contributed by atoms with Crippen molar-refractivity contribution in [3.05, 3.63) is 17.4 Å². The van der Waals surface area contributed by atoms with E-state index in [1.54, 1.807) is 6.20 Å². The number of nitrogens with one attached hydrogen (secondary N) is 1. The SMILES string of the molecule is O=C1CCOC2(CCN(CCn3cc(Cl)cn3)CC2)CN1. The van der Waals surface area contributed by atoms with Crippen LogP contribution in [0, 0.1) is 0 Å². The quantitative estimate of drug-likeness (QED) is 0.901. The van der Waals surface area contributed by atoms with Crippen LogP contribution in [-0.2, 0) is 16.1 Å². The van der Waals surface area contributed by atoms with E-state index in [4.69, 9.17) is 16.3 Å². The largest absolute Gasteiger partial charge is 0.373 e. The highest BCUT2D eigenvalue weighted by molar-refractivity contribution is 6.30. The molecule has 1 spiro atoms. The molecule has 0 atom stereocenters. The van der Waals surface area contributed by atoms with Crippen molar-refractivity contribution in [3.63, 3.8) is 0 Å². The average molecular weight is 313 g/mol. The first kappa shape index (κ1) is 14.8. The molecule has 1 aromatic rings. The maximum Gasteiger partial charge on any atom is 0.222 e. The van der Waals surface area contributed by atoms with Crippen molar-refractivity contribution in [2.24, 2.45) is 0 Å². The average Bonchev–Trinajstić information content (AvgIpc) is 2.82. The zero-order chi connectivity index (χ0) is 14.7. The summed E-state index contributed by atoms with van der Waals surface area (Å²) in [5, 5.41) is 7.84. The molecule has 1 aromatic heterocycles. The molecule has 0 aromatic carbocycles. The van der Waals surface area contributed by atoms with Gasteiger partial charge in [0.25, 0.3) is 0 Å². The third kappa shape index (κ3) is 3.75. The van der Waals surface area contributed by atoms with Crippen molar-refractivity contribution in [1.29, 1.82) is 0 Å². The van der Waals surface area contributed by atoms with Crippen molar-refractivity contribution in [2.45, 2.75) is 31.4 Å². The predicted octanol–water partition coefficient (Wildman–Crippen LogP) is 0.908. The molecule has 2 aliphatic rings. The predicted molar refractivity (Wildman–Crippen MR) is 79.2 cm³/mol. The van der Waals surface area contributed by atoms with E-state index in [2.05, 4.69) is 15.3 Å². The van der Waals surface area contributed by atoms with Gasteiger partial charge in [-0.05, 0) is 12.8 Å². The van der Waals surface area contributed by atoms with E-state index in [0.717, 1.165) is 39.0 Å². The molecule has 1 N–H and O–H groups in total. The number of hydrogen-bond donors (Lipinski definition) is 1. The minimum absolute atomic E-state index is 0.102. The van der Waals surface area contributed by atoms with Crippen LogP contribution in [0.4, 0.5) is 0 Å². The van der Waals surface area contributed by atoms with Crippen LogP contribution < -0.4 is 5.32 Å². The Hall–Kier alpha value is -1.11. The molecule has 0 bridgehead atoms. The third-order valence-corrected chi connectivity index (χ3v) is 4.55. The first-order valence-electron chi connectivity index (χ1n) is 7.46. The summed E-state index contributed by atoms with van der Waals surface area (Å²) in [6.07, 6.45) is 5.91. The van der Waals surface area contributed by atoms with Gasteiger partial charge in [0.15, 0.2) is 0 Å². The van der Waals surface area contributed by atoms with Crippen molar-refractivity contribution in [1.82, 2.24) is 20.0 Å². The summed E-state index contributed by atoms with van der Waals surface area (Å²) in [6.45, 7) is 4.97. The van der Waals surface area contributed by atoms with Gasteiger partial charge in [-0.25, -0.2) is 0 Å². The molecule has 21 heavy (non-hydrogen) atoms. The molecule has 0 saturated carbocycles. The van der Waals surface area contributed by atoms with Gasteiger partial charge in [0.05, 0.1) is 30.0 Å². The van der Waals surface area contributed by atoms with Gasteiger partial charge in [0.1, 0.15) is 0 Å². The Kier molecular flexibility index (Phi) is 4.47. The van der Waals surface area contributed by atoms with E-state index < -0.39 is 0 Å². The van der Waals surface area contributed by atoms with E-state index in [0.29, 0.717) is 24.6 Å². The molecular formula is C14H21ClN4O2. The van der Waals surface area contributed by atoms with Crippen LogP contribution in [0.25, 0.3) is 0 Å². The standard InChI is InChI=1S/C14H21ClN4O2/c15-12-9-17-19(10-12)7-6-18-4-2-14(3-5-18)11-16-13(20)1-8-21-14/h9-10H,1-8,11H2,(H,16,20). The van der Waals surface area contributed by atoms with Crippen LogP contribution in [0.3, 0.4) is 0 Å². The smallest absolute Gasteiger partial charge is 0.222 e.